The minimum absolute atomic E-state index is 0.245. The predicted octanol–water partition coefficient (Wildman–Crippen LogP) is 4.81. The number of carbonyl (C=O) groups is 1. The average molecular weight is 508 g/mol. The molecule has 36 heavy (non-hydrogen) atoms. The van der Waals surface area contributed by atoms with Crippen molar-refractivity contribution >= 4 is 30.7 Å². The Labute approximate surface area is 212 Å². The molecule has 2 heterocycles. The molecule has 0 bridgehead atoms. The first kappa shape index (κ1) is 25.6. The third-order valence-corrected chi connectivity index (χ3v) is 7.32. The van der Waals surface area contributed by atoms with Crippen molar-refractivity contribution in [3.63, 3.8) is 0 Å². The number of rotatable bonds is 12. The number of methoxy groups -OCH3 is 1. The molecule has 0 unspecified atom stereocenters. The van der Waals surface area contributed by atoms with Crippen LogP contribution in [0.25, 0.3) is 16.7 Å². The van der Waals surface area contributed by atoms with E-state index in [4.69, 9.17) is 14.2 Å². The summed E-state index contributed by atoms with van der Waals surface area (Å²) < 4.78 is 20.5. The number of amides is 1. The van der Waals surface area contributed by atoms with Crippen LogP contribution in [0.1, 0.15) is 10.4 Å². The van der Waals surface area contributed by atoms with Gasteiger partial charge in [0.2, 0.25) is 0 Å². The van der Waals surface area contributed by atoms with Crippen LogP contribution in [0.15, 0.2) is 61.4 Å². The van der Waals surface area contributed by atoms with Gasteiger partial charge in [-0.15, -0.1) is 0 Å². The summed E-state index contributed by atoms with van der Waals surface area (Å²) in [6.45, 7) is 8.98. The number of nitrogens with one attached hydrogen (secondary N) is 1. The highest BCUT2D eigenvalue weighted by molar-refractivity contribution is 6.76. The highest BCUT2D eigenvalue weighted by Gasteiger charge is 2.14. The Kier molecular flexibility index (Phi) is 8.19. The van der Waals surface area contributed by atoms with Crippen LogP contribution >= 0.6 is 0 Å². The van der Waals surface area contributed by atoms with Crippen LogP contribution in [0.4, 0.5) is 5.69 Å². The van der Waals surface area contributed by atoms with Crippen molar-refractivity contribution in [1.29, 1.82) is 0 Å². The summed E-state index contributed by atoms with van der Waals surface area (Å²) in [4.78, 5) is 21.8. The Morgan fingerprint density at radius 1 is 1.06 bits per heavy atom. The summed E-state index contributed by atoms with van der Waals surface area (Å²) in [5.74, 6) is 0.331. The van der Waals surface area contributed by atoms with Gasteiger partial charge in [-0.25, -0.2) is 9.97 Å². The lowest BCUT2D eigenvalue weighted by Gasteiger charge is -2.15. The van der Waals surface area contributed by atoms with Gasteiger partial charge >= 0.3 is 0 Å². The molecule has 10 heteroatoms. The zero-order valence-corrected chi connectivity index (χ0v) is 22.2. The quantitative estimate of drug-likeness (QED) is 0.218. The van der Waals surface area contributed by atoms with E-state index in [1.54, 1.807) is 38.1 Å². The summed E-state index contributed by atoms with van der Waals surface area (Å²) in [7, 11) is 0.472. The fourth-order valence-corrected chi connectivity index (χ4v) is 4.34. The molecule has 0 fully saturated rings. The number of ether oxygens (including phenoxy) is 3. The number of aromatic nitrogens is 4. The highest BCUT2D eigenvalue weighted by Crippen LogP contribution is 2.23. The van der Waals surface area contributed by atoms with E-state index in [-0.39, 0.29) is 5.91 Å². The van der Waals surface area contributed by atoms with E-state index in [0.717, 1.165) is 29.4 Å². The van der Waals surface area contributed by atoms with E-state index in [2.05, 4.69) is 34.9 Å². The SMILES string of the molecule is COCCOc1cc(C(=O)Nc2ccc3ncn(COCC[Si](C)(C)C)c3c2)cc(-n2ccnc2)c1. The van der Waals surface area contributed by atoms with E-state index in [0.29, 0.717) is 36.9 Å². The second kappa shape index (κ2) is 11.5. The van der Waals surface area contributed by atoms with Crippen molar-refractivity contribution in [2.24, 2.45) is 0 Å². The second-order valence-electron chi connectivity index (χ2n) is 9.75. The zero-order chi connectivity index (χ0) is 25.5. The third kappa shape index (κ3) is 6.81. The fourth-order valence-electron chi connectivity index (χ4n) is 3.58. The summed E-state index contributed by atoms with van der Waals surface area (Å²) in [6, 6.07) is 12.1. The number of carbonyl (C=O) groups excluding carboxylic acids is 1. The van der Waals surface area contributed by atoms with Crippen molar-refractivity contribution in [3.8, 4) is 11.4 Å². The number of nitrogens with zero attached hydrogens (tertiary/aromatic N) is 4. The van der Waals surface area contributed by atoms with Crippen molar-refractivity contribution in [2.45, 2.75) is 32.4 Å². The van der Waals surface area contributed by atoms with E-state index in [9.17, 15) is 4.79 Å². The number of hydrogen-bond donors (Lipinski definition) is 1. The standard InChI is InChI=1S/C26H33N5O4Si/c1-33-9-10-35-23-14-20(13-22(16-23)30-8-7-27-17-30)26(32)29-21-5-6-24-25(15-21)31(18-28-24)19-34-11-12-36(2,3)4/h5-8,13-18H,9-12,19H2,1-4H3,(H,29,32). The van der Waals surface area contributed by atoms with Crippen LogP contribution in [0.3, 0.4) is 0 Å². The Morgan fingerprint density at radius 3 is 2.67 bits per heavy atom. The Hall–Kier alpha value is -3.47. The van der Waals surface area contributed by atoms with Crippen molar-refractivity contribution in [3.05, 3.63) is 67.0 Å². The van der Waals surface area contributed by atoms with Gasteiger partial charge in [0.25, 0.3) is 5.91 Å². The smallest absolute Gasteiger partial charge is 0.255 e. The Bertz CT molecular complexity index is 1300. The molecule has 190 valence electrons. The number of anilines is 1. The maximum atomic E-state index is 13.2. The predicted molar refractivity (Wildman–Crippen MR) is 143 cm³/mol. The lowest BCUT2D eigenvalue weighted by Crippen LogP contribution is -2.21. The molecule has 2 aromatic heterocycles. The summed E-state index contributed by atoms with van der Waals surface area (Å²) in [6.07, 6.45) is 6.95. The zero-order valence-electron chi connectivity index (χ0n) is 21.2. The van der Waals surface area contributed by atoms with Crippen LogP contribution in [0.2, 0.25) is 25.7 Å². The molecule has 4 aromatic rings. The van der Waals surface area contributed by atoms with Gasteiger partial charge in [0.1, 0.15) is 19.1 Å². The topological polar surface area (TPSA) is 92.4 Å². The molecule has 1 amide bonds. The first-order valence-electron chi connectivity index (χ1n) is 11.9. The molecule has 0 aliphatic rings. The van der Waals surface area contributed by atoms with Crippen LogP contribution in [0.5, 0.6) is 5.75 Å². The van der Waals surface area contributed by atoms with Gasteiger partial charge in [0, 0.05) is 51.5 Å². The first-order valence-corrected chi connectivity index (χ1v) is 15.6. The van der Waals surface area contributed by atoms with Gasteiger partial charge in [-0.2, -0.15) is 0 Å². The highest BCUT2D eigenvalue weighted by atomic mass is 28.3. The molecule has 1 N–H and O–H groups in total. The second-order valence-corrected chi connectivity index (χ2v) is 15.4. The van der Waals surface area contributed by atoms with Crippen LogP contribution in [-0.2, 0) is 16.2 Å². The molecular weight excluding hydrogens is 474 g/mol. The molecule has 0 aliphatic heterocycles. The van der Waals surface area contributed by atoms with E-state index < -0.39 is 8.07 Å². The molecule has 0 saturated carbocycles. The monoisotopic (exact) mass is 507 g/mol. The van der Waals surface area contributed by atoms with Crippen LogP contribution in [0, 0.1) is 0 Å². The Morgan fingerprint density at radius 2 is 1.92 bits per heavy atom. The van der Waals surface area contributed by atoms with Crippen LogP contribution in [-0.4, -0.2) is 60.0 Å². The molecular formula is C26H33N5O4Si. The lowest BCUT2D eigenvalue weighted by molar-refractivity contribution is 0.0898. The minimum Gasteiger partial charge on any atom is -0.491 e. The number of imidazole rings is 2. The van der Waals surface area contributed by atoms with Gasteiger partial charge in [0.05, 0.1) is 36.0 Å². The maximum Gasteiger partial charge on any atom is 0.255 e. The lowest BCUT2D eigenvalue weighted by atomic mass is 10.1. The number of benzene rings is 2. The third-order valence-electron chi connectivity index (χ3n) is 5.62. The Balaban J connectivity index is 1.51. The molecule has 0 aliphatic carbocycles. The molecule has 4 rings (SSSR count). The molecule has 0 atom stereocenters. The summed E-state index contributed by atoms with van der Waals surface area (Å²) >= 11 is 0. The van der Waals surface area contributed by atoms with Gasteiger partial charge in [-0.1, -0.05) is 19.6 Å². The van der Waals surface area contributed by atoms with Gasteiger partial charge < -0.3 is 28.7 Å². The molecule has 0 spiro atoms. The summed E-state index contributed by atoms with van der Waals surface area (Å²) in [5.41, 5.74) is 3.66. The van der Waals surface area contributed by atoms with Crippen molar-refractivity contribution < 1.29 is 19.0 Å². The normalized spacial score (nSPS) is 11.7. The first-order chi connectivity index (χ1) is 17.3. The van der Waals surface area contributed by atoms with E-state index >= 15 is 0 Å². The average Bonchev–Trinajstić information content (AvgIpc) is 3.52. The van der Waals surface area contributed by atoms with Crippen molar-refractivity contribution in [1.82, 2.24) is 19.1 Å². The number of fused-ring (bicyclic) bond motifs is 1. The molecule has 2 aromatic carbocycles. The van der Waals surface area contributed by atoms with E-state index in [1.807, 2.05) is 39.6 Å². The van der Waals surface area contributed by atoms with Crippen molar-refractivity contribution in [2.75, 3.05) is 32.2 Å². The number of hydrogen-bond acceptors (Lipinski definition) is 6. The van der Waals surface area contributed by atoms with E-state index in [1.165, 1.54) is 0 Å². The fraction of sp³-hybridized carbons (Fsp3) is 0.346. The van der Waals surface area contributed by atoms with Gasteiger partial charge in [0.15, 0.2) is 0 Å². The maximum absolute atomic E-state index is 13.2. The molecule has 0 saturated heterocycles. The van der Waals surface area contributed by atoms with Gasteiger partial charge in [-0.3, -0.25) is 4.79 Å². The van der Waals surface area contributed by atoms with Gasteiger partial charge in [-0.05, 0) is 36.4 Å². The minimum atomic E-state index is -1.15. The molecule has 9 nitrogen and oxygen atoms in total. The largest absolute Gasteiger partial charge is 0.491 e. The van der Waals surface area contributed by atoms with Crippen LogP contribution < -0.4 is 10.1 Å². The summed E-state index contributed by atoms with van der Waals surface area (Å²) in [5, 5.41) is 3.00. The molecule has 0 radical (unpaired) electrons.